The third-order valence-electron chi connectivity index (χ3n) is 5.76. The average Bonchev–Trinajstić information content (AvgIpc) is 3.52. The van der Waals surface area contributed by atoms with Crippen molar-refractivity contribution in [3.63, 3.8) is 0 Å². The Morgan fingerprint density at radius 3 is 2.34 bits per heavy atom. The minimum absolute atomic E-state index is 0. The minimum Gasteiger partial charge on any atom is -0.454 e. The molecule has 0 radical (unpaired) electrons. The van der Waals surface area contributed by atoms with E-state index in [-0.39, 0.29) is 49.8 Å². The lowest BCUT2D eigenvalue weighted by atomic mass is 10.1. The van der Waals surface area contributed by atoms with Gasteiger partial charge in [-0.3, -0.25) is 24.2 Å². The van der Waals surface area contributed by atoms with E-state index in [9.17, 15) is 14.4 Å². The van der Waals surface area contributed by atoms with Gasteiger partial charge in [0.1, 0.15) is 0 Å². The summed E-state index contributed by atoms with van der Waals surface area (Å²) in [7, 11) is 3.98. The van der Waals surface area contributed by atoms with Crippen LogP contribution in [0.1, 0.15) is 29.6 Å². The van der Waals surface area contributed by atoms with Crippen molar-refractivity contribution in [3.05, 3.63) is 42.0 Å². The zero-order chi connectivity index (χ0) is 23.8. The third kappa shape index (κ3) is 4.95. The number of fused-ring (bicyclic) bond motifs is 2. The summed E-state index contributed by atoms with van der Waals surface area (Å²) in [6.07, 6.45) is 1.21. The van der Waals surface area contributed by atoms with Gasteiger partial charge in [-0.2, -0.15) is 0 Å². The molecule has 35 heavy (non-hydrogen) atoms. The zero-order valence-corrected chi connectivity index (χ0v) is 21.0. The summed E-state index contributed by atoms with van der Waals surface area (Å²) in [4.78, 5) is 47.2. The van der Waals surface area contributed by atoms with Crippen molar-refractivity contribution in [1.29, 1.82) is 0 Å². The second kappa shape index (κ2) is 10.2. The van der Waals surface area contributed by atoms with E-state index < -0.39 is 0 Å². The van der Waals surface area contributed by atoms with Crippen molar-refractivity contribution >= 4 is 62.5 Å². The van der Waals surface area contributed by atoms with Crippen molar-refractivity contribution in [2.24, 2.45) is 0 Å². The van der Waals surface area contributed by atoms with Gasteiger partial charge in [0.2, 0.25) is 18.6 Å². The highest BCUT2D eigenvalue weighted by Crippen LogP contribution is 2.40. The van der Waals surface area contributed by atoms with E-state index in [4.69, 9.17) is 14.5 Å². The standard InChI is InChI=1S/C24H24N4O5S.ClH/c1-26(2)10-3-11-27(24-25-17-12-18-19(33-14-32-18)13-20(17)34-24)23(31)15-4-6-16(7-5-15)28-21(29)8-9-22(28)30;/h4-7,12-13H,3,8-11,14H2,1-2H3;1H. The van der Waals surface area contributed by atoms with Crippen LogP contribution in [0.2, 0.25) is 0 Å². The van der Waals surface area contributed by atoms with Crippen LogP contribution in [0.3, 0.4) is 0 Å². The third-order valence-corrected chi connectivity index (χ3v) is 6.80. The predicted octanol–water partition coefficient (Wildman–Crippen LogP) is 3.70. The second-order valence-corrected chi connectivity index (χ2v) is 9.46. The maximum Gasteiger partial charge on any atom is 0.260 e. The van der Waals surface area contributed by atoms with Crippen LogP contribution in [0.5, 0.6) is 11.5 Å². The van der Waals surface area contributed by atoms with E-state index in [2.05, 4.69) is 4.90 Å². The summed E-state index contributed by atoms with van der Waals surface area (Å²) < 4.78 is 11.8. The number of rotatable bonds is 7. The summed E-state index contributed by atoms with van der Waals surface area (Å²) in [6.45, 7) is 1.51. The number of amides is 3. The number of hydrogen-bond donors (Lipinski definition) is 0. The normalized spacial score (nSPS) is 14.7. The molecule has 1 aromatic heterocycles. The first kappa shape index (κ1) is 24.9. The van der Waals surface area contributed by atoms with Gasteiger partial charge in [-0.15, -0.1) is 12.4 Å². The van der Waals surface area contributed by atoms with E-state index >= 15 is 0 Å². The van der Waals surface area contributed by atoms with Crippen LogP contribution in [0.4, 0.5) is 10.8 Å². The molecule has 0 N–H and O–H groups in total. The Bertz CT molecular complexity index is 1220. The molecular formula is C24H25ClN4O5S. The van der Waals surface area contributed by atoms with Gasteiger partial charge in [0.25, 0.3) is 5.91 Å². The molecule has 3 amide bonds. The highest BCUT2D eigenvalue weighted by molar-refractivity contribution is 7.22. The first-order valence-corrected chi connectivity index (χ1v) is 11.8. The van der Waals surface area contributed by atoms with E-state index in [1.807, 2.05) is 26.2 Å². The van der Waals surface area contributed by atoms with Gasteiger partial charge in [0, 0.05) is 37.1 Å². The maximum absolute atomic E-state index is 13.5. The predicted molar refractivity (Wildman–Crippen MR) is 136 cm³/mol. The van der Waals surface area contributed by atoms with E-state index in [1.54, 1.807) is 29.2 Å². The van der Waals surface area contributed by atoms with Gasteiger partial charge >= 0.3 is 0 Å². The molecule has 5 rings (SSSR count). The molecule has 9 nitrogen and oxygen atoms in total. The number of carbonyl (C=O) groups is 3. The molecule has 2 aliphatic rings. The summed E-state index contributed by atoms with van der Waals surface area (Å²) in [5, 5.41) is 0.594. The molecule has 2 aromatic carbocycles. The number of ether oxygens (including phenoxy) is 2. The number of aromatic nitrogens is 1. The zero-order valence-electron chi connectivity index (χ0n) is 19.4. The van der Waals surface area contributed by atoms with Crippen LogP contribution in [-0.2, 0) is 9.59 Å². The lowest BCUT2D eigenvalue weighted by Crippen LogP contribution is -2.33. The summed E-state index contributed by atoms with van der Waals surface area (Å²) in [5.41, 5.74) is 1.69. The van der Waals surface area contributed by atoms with E-state index in [0.717, 1.165) is 23.2 Å². The summed E-state index contributed by atoms with van der Waals surface area (Å²) >= 11 is 1.42. The molecule has 2 aliphatic heterocycles. The Morgan fingerprint density at radius 1 is 1.03 bits per heavy atom. The van der Waals surface area contributed by atoms with Gasteiger partial charge in [0.05, 0.1) is 15.9 Å². The molecule has 0 atom stereocenters. The Kier molecular flexibility index (Phi) is 7.25. The number of anilines is 2. The van der Waals surface area contributed by atoms with Crippen LogP contribution < -0.4 is 19.3 Å². The number of halogens is 1. The summed E-state index contributed by atoms with van der Waals surface area (Å²) in [6, 6.07) is 10.3. The largest absolute Gasteiger partial charge is 0.454 e. The molecule has 0 bridgehead atoms. The highest BCUT2D eigenvalue weighted by atomic mass is 35.5. The number of imide groups is 1. The highest BCUT2D eigenvalue weighted by Gasteiger charge is 2.30. The Morgan fingerprint density at radius 2 is 1.69 bits per heavy atom. The lowest BCUT2D eigenvalue weighted by Gasteiger charge is -2.21. The van der Waals surface area contributed by atoms with Crippen molar-refractivity contribution in [1.82, 2.24) is 9.88 Å². The molecule has 1 saturated heterocycles. The maximum atomic E-state index is 13.5. The van der Waals surface area contributed by atoms with Gasteiger partial charge in [0.15, 0.2) is 16.6 Å². The number of carbonyl (C=O) groups excluding carboxylic acids is 3. The first-order chi connectivity index (χ1) is 16.4. The van der Waals surface area contributed by atoms with Crippen LogP contribution in [0, 0.1) is 0 Å². The van der Waals surface area contributed by atoms with Gasteiger partial charge in [-0.25, -0.2) is 4.98 Å². The molecule has 0 spiro atoms. The fourth-order valence-electron chi connectivity index (χ4n) is 4.02. The van der Waals surface area contributed by atoms with Gasteiger partial charge in [-0.1, -0.05) is 11.3 Å². The monoisotopic (exact) mass is 516 g/mol. The fourth-order valence-corrected chi connectivity index (χ4v) is 5.02. The quantitative estimate of drug-likeness (QED) is 0.442. The smallest absolute Gasteiger partial charge is 0.260 e. The molecule has 11 heteroatoms. The van der Waals surface area contributed by atoms with E-state index in [0.29, 0.717) is 34.4 Å². The van der Waals surface area contributed by atoms with Crippen molar-refractivity contribution in [2.45, 2.75) is 19.3 Å². The van der Waals surface area contributed by atoms with Crippen LogP contribution in [0.25, 0.3) is 10.2 Å². The van der Waals surface area contributed by atoms with Crippen molar-refractivity contribution in [3.8, 4) is 11.5 Å². The van der Waals surface area contributed by atoms with Crippen LogP contribution in [-0.4, -0.2) is 61.6 Å². The van der Waals surface area contributed by atoms with Crippen LogP contribution in [0.15, 0.2) is 36.4 Å². The molecule has 0 aliphatic carbocycles. The number of thiazole rings is 1. The van der Waals surface area contributed by atoms with E-state index in [1.165, 1.54) is 16.2 Å². The SMILES string of the molecule is CN(C)CCCN(C(=O)c1ccc(N2C(=O)CCC2=O)cc1)c1nc2cc3c(cc2s1)OCO3.Cl. The van der Waals surface area contributed by atoms with Crippen molar-refractivity contribution < 1.29 is 23.9 Å². The summed E-state index contributed by atoms with van der Waals surface area (Å²) in [5.74, 6) is 0.696. The lowest BCUT2D eigenvalue weighted by molar-refractivity contribution is -0.121. The number of benzene rings is 2. The Labute approximate surface area is 212 Å². The molecular weight excluding hydrogens is 492 g/mol. The molecule has 0 saturated carbocycles. The Hall–Kier alpha value is -3.21. The minimum atomic E-state index is -0.219. The molecule has 0 unspecified atom stereocenters. The Balaban J connectivity index is 0.00000289. The van der Waals surface area contributed by atoms with Gasteiger partial charge < -0.3 is 14.4 Å². The van der Waals surface area contributed by atoms with Crippen molar-refractivity contribution in [2.75, 3.05) is 43.8 Å². The van der Waals surface area contributed by atoms with Gasteiger partial charge in [-0.05, 0) is 51.3 Å². The second-order valence-electron chi connectivity index (χ2n) is 8.45. The first-order valence-electron chi connectivity index (χ1n) is 11.0. The van der Waals surface area contributed by atoms with Crippen LogP contribution >= 0.6 is 23.7 Å². The fraction of sp³-hybridized carbons (Fsp3) is 0.333. The average molecular weight is 517 g/mol. The number of hydrogen-bond acceptors (Lipinski definition) is 8. The molecule has 3 aromatic rings. The molecule has 1 fully saturated rings. The topological polar surface area (TPSA) is 92.3 Å². The molecule has 3 heterocycles. The molecule has 184 valence electrons. The number of nitrogens with zero attached hydrogens (tertiary/aromatic N) is 4.